The van der Waals surface area contributed by atoms with Crippen molar-refractivity contribution in [2.75, 3.05) is 7.11 Å². The summed E-state index contributed by atoms with van der Waals surface area (Å²) in [6.45, 7) is 3.17. The average Bonchev–Trinajstić information content (AvgIpc) is 3.36. The van der Waals surface area contributed by atoms with Crippen molar-refractivity contribution >= 4 is 52.6 Å². The predicted molar refractivity (Wildman–Crippen MR) is 175 cm³/mol. The molecule has 0 aliphatic carbocycles. The molecule has 2 N–H and O–H groups in total. The maximum Gasteiger partial charge on any atom is 1.00 e. The standard InChI is InChI=1S/C34H30N4O11S.Na/c1-34(2)25(31(43)44)38-29(42)23(30(38)50-34)36-27(40)22(18-8-5-4-6-9-18)35-26(39)19-14-12-17(13-15-19)16-37-28(41)20-10-7-11-21(48-33(46)47-3)24(20)49-32(37)45;/h4-15,22-23,25,30H,16H2,1-3H3,(H,35,39)(H,36,40)(H,43,44);/q;+1/p-1/t22-,23-,25+,30-;/m1./s1. The first kappa shape index (κ1) is 37.4. The van der Waals surface area contributed by atoms with Gasteiger partial charge in [-0.1, -0.05) is 48.5 Å². The fourth-order valence-corrected chi connectivity index (χ4v) is 7.60. The van der Waals surface area contributed by atoms with Crippen LogP contribution in [0.5, 0.6) is 5.75 Å². The Balaban J connectivity index is 0.00000504. The number of β-lactam (4-membered cyclic amide) rings is 1. The molecule has 6 rings (SSSR count). The van der Waals surface area contributed by atoms with Crippen molar-refractivity contribution in [2.24, 2.45) is 0 Å². The monoisotopic (exact) mass is 724 g/mol. The second-order valence-corrected chi connectivity index (χ2v) is 13.8. The largest absolute Gasteiger partial charge is 1.00 e. The Bertz CT molecular complexity index is 2150. The Morgan fingerprint density at radius 3 is 2.31 bits per heavy atom. The number of carboxylic acids is 1. The van der Waals surface area contributed by atoms with Crippen molar-refractivity contribution < 1.29 is 72.5 Å². The van der Waals surface area contributed by atoms with E-state index < -0.39 is 69.4 Å². The molecule has 2 aliphatic heterocycles. The summed E-state index contributed by atoms with van der Waals surface area (Å²) >= 11 is 1.25. The van der Waals surface area contributed by atoms with Gasteiger partial charge in [0.05, 0.1) is 31.1 Å². The molecule has 0 unspecified atom stereocenters. The summed E-state index contributed by atoms with van der Waals surface area (Å²) in [5.41, 5.74) is 0.135. The SMILES string of the molecule is COC(=O)Oc1cccc2c(=O)n(Cc3ccc(C(=O)N[C@@H](C(=O)N[C@@H]4C(=O)N5[C@@H]4SC(C)(C)[C@@H]5C(=O)[O-])c4ccccc4)cc3)c(=O)oc12.[Na+]. The minimum atomic E-state index is -1.38. The van der Waals surface area contributed by atoms with Crippen molar-refractivity contribution in [3.05, 3.63) is 110 Å². The summed E-state index contributed by atoms with van der Waals surface area (Å²) in [6.07, 6.45) is -1.06. The molecule has 0 radical (unpaired) electrons. The van der Waals surface area contributed by atoms with Crippen LogP contribution in [0.1, 0.15) is 41.4 Å². The fraction of sp³-hybridized carbons (Fsp3) is 0.265. The number of carbonyl (C=O) groups is 5. The van der Waals surface area contributed by atoms with Crippen LogP contribution in [0.3, 0.4) is 0 Å². The summed E-state index contributed by atoms with van der Waals surface area (Å²) in [7, 11) is 1.10. The van der Waals surface area contributed by atoms with Gasteiger partial charge in [-0.15, -0.1) is 11.8 Å². The average molecular weight is 725 g/mol. The summed E-state index contributed by atoms with van der Waals surface area (Å²) < 4.78 is 14.7. The van der Waals surface area contributed by atoms with Crippen molar-refractivity contribution in [3.8, 4) is 5.75 Å². The first-order valence-electron chi connectivity index (χ1n) is 15.2. The van der Waals surface area contributed by atoms with Gasteiger partial charge in [-0.25, -0.2) is 14.2 Å². The predicted octanol–water partition coefficient (Wildman–Crippen LogP) is -2.08. The molecule has 0 saturated carbocycles. The van der Waals surface area contributed by atoms with Crippen LogP contribution in [0.25, 0.3) is 11.0 Å². The molecule has 3 aromatic carbocycles. The second kappa shape index (κ2) is 14.8. The van der Waals surface area contributed by atoms with Crippen molar-refractivity contribution in [3.63, 3.8) is 0 Å². The van der Waals surface area contributed by atoms with E-state index in [1.54, 1.807) is 44.2 Å². The molecule has 3 amide bonds. The van der Waals surface area contributed by atoms with E-state index in [0.717, 1.165) is 11.7 Å². The topological polar surface area (TPSA) is 206 Å². The van der Waals surface area contributed by atoms with E-state index in [4.69, 9.17) is 9.15 Å². The van der Waals surface area contributed by atoms with Gasteiger partial charge in [-0.3, -0.25) is 19.2 Å². The van der Waals surface area contributed by atoms with Gasteiger partial charge in [0, 0.05) is 10.3 Å². The quantitative estimate of drug-likeness (QED) is 0.0826. The van der Waals surface area contributed by atoms with Gasteiger partial charge in [0.2, 0.25) is 11.8 Å². The van der Waals surface area contributed by atoms with Gasteiger partial charge >= 0.3 is 41.5 Å². The van der Waals surface area contributed by atoms with E-state index in [9.17, 15) is 38.7 Å². The Kier molecular flexibility index (Phi) is 10.8. The first-order chi connectivity index (χ1) is 23.8. The molecule has 2 fully saturated rings. The Labute approximate surface area is 315 Å². The number of fused-ring (bicyclic) bond motifs is 2. The summed E-state index contributed by atoms with van der Waals surface area (Å²) in [5, 5.41) is 16.5. The Morgan fingerprint density at radius 2 is 1.67 bits per heavy atom. The summed E-state index contributed by atoms with van der Waals surface area (Å²) in [4.78, 5) is 90.5. The number of ether oxygens (including phenoxy) is 2. The van der Waals surface area contributed by atoms with E-state index >= 15 is 0 Å². The summed E-state index contributed by atoms with van der Waals surface area (Å²) in [6, 6.07) is 15.2. The molecule has 258 valence electrons. The maximum absolute atomic E-state index is 13.6. The zero-order chi connectivity index (χ0) is 35.9. The van der Waals surface area contributed by atoms with E-state index in [1.165, 1.54) is 59.1 Å². The molecule has 15 nitrogen and oxygen atoms in total. The van der Waals surface area contributed by atoms with Crippen LogP contribution in [-0.2, 0) is 25.7 Å². The third-order valence-electron chi connectivity index (χ3n) is 8.41. The number of benzene rings is 3. The molecule has 51 heavy (non-hydrogen) atoms. The third-order valence-corrected chi connectivity index (χ3v) is 9.99. The normalized spacial score (nSPS) is 19.2. The number of rotatable bonds is 9. The molecule has 17 heteroatoms. The maximum atomic E-state index is 13.6. The smallest absolute Gasteiger partial charge is 0.548 e. The first-order valence-corrected chi connectivity index (χ1v) is 16.1. The minimum absolute atomic E-state index is 0. The van der Waals surface area contributed by atoms with Crippen LogP contribution in [-0.4, -0.2) is 68.6 Å². The zero-order valence-electron chi connectivity index (χ0n) is 27.7. The summed E-state index contributed by atoms with van der Waals surface area (Å²) in [5.74, 6) is -4.41. The molecule has 3 heterocycles. The molecular formula is C34H29N4NaO11S. The molecule has 4 aromatic rings. The number of methoxy groups -OCH3 is 1. The van der Waals surface area contributed by atoms with Gasteiger partial charge in [-0.2, -0.15) is 0 Å². The van der Waals surface area contributed by atoms with Crippen LogP contribution < -0.4 is 61.3 Å². The number of amides is 3. The van der Waals surface area contributed by atoms with E-state index in [-0.39, 0.29) is 58.4 Å². The van der Waals surface area contributed by atoms with Crippen molar-refractivity contribution in [2.45, 2.75) is 48.6 Å². The van der Waals surface area contributed by atoms with Crippen LogP contribution in [0.2, 0.25) is 0 Å². The molecule has 2 saturated heterocycles. The number of aliphatic carboxylic acids is 1. The number of thioether (sulfide) groups is 1. The van der Waals surface area contributed by atoms with Gasteiger partial charge in [0.1, 0.15) is 17.5 Å². The fourth-order valence-electron chi connectivity index (χ4n) is 5.98. The van der Waals surface area contributed by atoms with Gasteiger partial charge in [0.15, 0.2) is 11.3 Å². The number of carbonyl (C=O) groups excluding carboxylic acids is 5. The van der Waals surface area contributed by atoms with E-state index in [1.807, 2.05) is 0 Å². The Hall–Kier alpha value is -4.90. The number of carboxylic acid groups (broad SMARTS) is 1. The van der Waals surface area contributed by atoms with Crippen LogP contribution >= 0.6 is 11.8 Å². The van der Waals surface area contributed by atoms with Crippen molar-refractivity contribution in [1.29, 1.82) is 0 Å². The molecule has 2 aliphatic rings. The Morgan fingerprint density at radius 1 is 0.980 bits per heavy atom. The molecule has 4 atom stereocenters. The van der Waals surface area contributed by atoms with Gasteiger partial charge < -0.3 is 39.3 Å². The number of nitrogens with zero attached hydrogens (tertiary/aromatic N) is 2. The third kappa shape index (κ3) is 7.17. The number of aromatic nitrogens is 1. The zero-order valence-corrected chi connectivity index (χ0v) is 30.6. The molecule has 0 spiro atoms. The molecule has 0 bridgehead atoms. The van der Waals surface area contributed by atoms with Crippen LogP contribution in [0, 0.1) is 0 Å². The number of nitrogens with one attached hydrogen (secondary N) is 2. The molecular weight excluding hydrogens is 695 g/mol. The van der Waals surface area contributed by atoms with E-state index in [0.29, 0.717) is 11.1 Å². The number of hydrogen-bond donors (Lipinski definition) is 2. The van der Waals surface area contributed by atoms with Gasteiger partial charge in [-0.05, 0) is 49.2 Å². The van der Waals surface area contributed by atoms with E-state index in [2.05, 4.69) is 15.4 Å². The van der Waals surface area contributed by atoms with Crippen LogP contribution in [0.4, 0.5) is 4.79 Å². The number of hydrogen-bond acceptors (Lipinski definition) is 12. The van der Waals surface area contributed by atoms with Crippen molar-refractivity contribution in [1.82, 2.24) is 20.1 Å². The van der Waals surface area contributed by atoms with Crippen LogP contribution in [0.15, 0.2) is 86.8 Å². The minimum Gasteiger partial charge on any atom is -0.548 e. The number of para-hydroxylation sites is 1. The van der Waals surface area contributed by atoms with Gasteiger partial charge in [0.25, 0.3) is 11.5 Å². The molecule has 1 aromatic heterocycles. The second-order valence-electron chi connectivity index (χ2n) is 12.0.